The van der Waals surface area contributed by atoms with Crippen LogP contribution >= 0.6 is 0 Å². The van der Waals surface area contributed by atoms with Crippen molar-refractivity contribution in [3.8, 4) is 0 Å². The van der Waals surface area contributed by atoms with Gasteiger partial charge in [-0.15, -0.1) is 0 Å². The number of carbonyl (C=O) groups is 2. The number of aryl methyl sites for hydroxylation is 1. The molecule has 2 aromatic carbocycles. The fourth-order valence-electron chi connectivity index (χ4n) is 3.80. The van der Waals surface area contributed by atoms with E-state index in [1.165, 1.54) is 7.05 Å². The minimum absolute atomic E-state index is 0.0197. The van der Waals surface area contributed by atoms with Crippen LogP contribution in [0.2, 0.25) is 0 Å². The van der Waals surface area contributed by atoms with Crippen molar-refractivity contribution in [2.24, 2.45) is 7.05 Å². The van der Waals surface area contributed by atoms with Gasteiger partial charge in [0.25, 0.3) is 11.5 Å². The highest BCUT2D eigenvalue weighted by Gasteiger charge is 2.28. The highest BCUT2D eigenvalue weighted by atomic mass is 16.5. The molecule has 3 aromatic rings. The third-order valence-electron chi connectivity index (χ3n) is 5.49. The number of fused-ring (bicyclic) bond motifs is 1. The first-order valence-electron chi connectivity index (χ1n) is 10.2. The summed E-state index contributed by atoms with van der Waals surface area (Å²) in [6, 6.07) is 16.8. The lowest BCUT2D eigenvalue weighted by Gasteiger charge is -2.37. The Labute approximate surface area is 179 Å². The first-order valence-corrected chi connectivity index (χ1v) is 10.2. The van der Waals surface area contributed by atoms with Crippen molar-refractivity contribution in [2.75, 3.05) is 31.1 Å². The highest BCUT2D eigenvalue weighted by molar-refractivity contribution is 6.02. The molecular formula is C23H24N4O4. The Balaban J connectivity index is 1.43. The molecule has 0 unspecified atom stereocenters. The maximum atomic E-state index is 12.8. The third kappa shape index (κ3) is 4.14. The maximum Gasteiger partial charge on any atom is 0.360 e. The van der Waals surface area contributed by atoms with E-state index >= 15 is 0 Å². The summed E-state index contributed by atoms with van der Waals surface area (Å²) in [6.45, 7) is 4.09. The molecule has 0 saturated carbocycles. The summed E-state index contributed by atoms with van der Waals surface area (Å²) in [4.78, 5) is 41.8. The van der Waals surface area contributed by atoms with E-state index in [0.717, 1.165) is 10.4 Å². The number of anilines is 1. The quantitative estimate of drug-likeness (QED) is 0.599. The molecule has 1 saturated heterocycles. The van der Waals surface area contributed by atoms with Gasteiger partial charge in [0, 0.05) is 44.3 Å². The number of hydrogen-bond acceptors (Lipinski definition) is 6. The first kappa shape index (κ1) is 20.6. The number of carbonyl (C=O) groups excluding carboxylic acids is 2. The second-order valence-electron chi connectivity index (χ2n) is 7.52. The van der Waals surface area contributed by atoms with Gasteiger partial charge in [-0.25, -0.2) is 9.48 Å². The Bertz CT molecular complexity index is 1170. The summed E-state index contributed by atoms with van der Waals surface area (Å²) >= 11 is 0. The average molecular weight is 420 g/mol. The minimum Gasteiger partial charge on any atom is -0.448 e. The summed E-state index contributed by atoms with van der Waals surface area (Å²) in [7, 11) is 1.48. The van der Waals surface area contributed by atoms with E-state index in [9.17, 15) is 14.4 Å². The van der Waals surface area contributed by atoms with Crippen molar-refractivity contribution >= 4 is 28.3 Å². The summed E-state index contributed by atoms with van der Waals surface area (Å²) in [5.41, 5.74) is 0.848. The topological polar surface area (TPSA) is 84.7 Å². The summed E-state index contributed by atoms with van der Waals surface area (Å²) < 4.78 is 6.55. The Hall–Kier alpha value is -3.68. The Morgan fingerprint density at radius 1 is 0.935 bits per heavy atom. The lowest BCUT2D eigenvalue weighted by atomic mass is 10.1. The maximum absolute atomic E-state index is 12.8. The third-order valence-corrected chi connectivity index (χ3v) is 5.49. The average Bonchev–Trinajstić information content (AvgIpc) is 2.81. The SMILES string of the molecule is C[C@@H](OC(=O)c1nn(C)c(=O)c2ccccc12)C(=O)N1CCN(c2ccccc2)CC1. The molecule has 0 aliphatic carbocycles. The number of amides is 1. The van der Waals surface area contributed by atoms with Crippen LogP contribution in [0, 0.1) is 0 Å². The van der Waals surface area contributed by atoms with Crippen molar-refractivity contribution in [2.45, 2.75) is 13.0 Å². The molecule has 1 atom stereocenters. The zero-order chi connectivity index (χ0) is 22.0. The number of rotatable bonds is 4. The van der Waals surface area contributed by atoms with E-state index in [1.54, 1.807) is 36.1 Å². The largest absolute Gasteiger partial charge is 0.448 e. The number of nitrogens with zero attached hydrogens (tertiary/aromatic N) is 4. The fourth-order valence-corrected chi connectivity index (χ4v) is 3.80. The van der Waals surface area contributed by atoms with Crippen molar-refractivity contribution in [3.05, 3.63) is 70.6 Å². The number of esters is 1. The number of aromatic nitrogens is 2. The van der Waals surface area contributed by atoms with E-state index in [0.29, 0.717) is 37.0 Å². The van der Waals surface area contributed by atoms with Crippen molar-refractivity contribution in [1.82, 2.24) is 14.7 Å². The van der Waals surface area contributed by atoms with Gasteiger partial charge >= 0.3 is 5.97 Å². The number of para-hydroxylation sites is 1. The van der Waals surface area contributed by atoms with Crippen LogP contribution in [0.15, 0.2) is 59.4 Å². The second kappa shape index (κ2) is 8.59. The predicted molar refractivity (Wildman–Crippen MR) is 117 cm³/mol. The zero-order valence-electron chi connectivity index (χ0n) is 17.5. The van der Waals surface area contributed by atoms with Crippen LogP contribution in [0.1, 0.15) is 17.4 Å². The molecule has 1 fully saturated rings. The van der Waals surface area contributed by atoms with Gasteiger partial charge in [0.15, 0.2) is 11.8 Å². The number of ether oxygens (including phenoxy) is 1. The van der Waals surface area contributed by atoms with Gasteiger partial charge < -0.3 is 14.5 Å². The molecule has 160 valence electrons. The van der Waals surface area contributed by atoms with Crippen molar-refractivity contribution in [3.63, 3.8) is 0 Å². The molecule has 0 radical (unpaired) electrons. The van der Waals surface area contributed by atoms with Gasteiger partial charge in [0.1, 0.15) is 0 Å². The zero-order valence-corrected chi connectivity index (χ0v) is 17.5. The molecule has 1 aliphatic rings. The van der Waals surface area contributed by atoms with Crippen molar-refractivity contribution < 1.29 is 14.3 Å². The highest BCUT2D eigenvalue weighted by Crippen LogP contribution is 2.18. The van der Waals surface area contributed by atoms with E-state index < -0.39 is 12.1 Å². The number of piperazine rings is 1. The summed E-state index contributed by atoms with van der Waals surface area (Å²) in [5.74, 6) is -0.967. The lowest BCUT2D eigenvalue weighted by Crippen LogP contribution is -2.51. The molecule has 1 aliphatic heterocycles. The van der Waals surface area contributed by atoms with Crippen LogP contribution in [0.4, 0.5) is 5.69 Å². The molecule has 0 N–H and O–H groups in total. The summed E-state index contributed by atoms with van der Waals surface area (Å²) in [6.07, 6.45) is -0.950. The van der Waals surface area contributed by atoms with Gasteiger partial charge in [-0.3, -0.25) is 9.59 Å². The Kier molecular flexibility index (Phi) is 5.70. The smallest absolute Gasteiger partial charge is 0.360 e. The van der Waals surface area contributed by atoms with E-state index in [-0.39, 0.29) is 17.2 Å². The van der Waals surface area contributed by atoms with Crippen LogP contribution in [0.5, 0.6) is 0 Å². The van der Waals surface area contributed by atoms with Gasteiger partial charge in [0.2, 0.25) is 0 Å². The van der Waals surface area contributed by atoms with E-state index in [2.05, 4.69) is 10.00 Å². The van der Waals surface area contributed by atoms with Crippen LogP contribution in [-0.2, 0) is 16.6 Å². The Morgan fingerprint density at radius 3 is 2.23 bits per heavy atom. The number of benzene rings is 2. The molecule has 4 rings (SSSR count). The standard InChI is InChI=1S/C23H24N4O4/c1-16(21(28)27-14-12-26(13-15-27)17-8-4-3-5-9-17)31-23(30)20-18-10-6-7-11-19(18)22(29)25(2)24-20/h3-11,16H,12-15H2,1-2H3/t16-/m1/s1. The monoisotopic (exact) mass is 420 g/mol. The summed E-state index contributed by atoms with van der Waals surface area (Å²) in [5, 5.41) is 4.85. The van der Waals surface area contributed by atoms with Gasteiger partial charge in [0.05, 0.1) is 5.39 Å². The molecule has 31 heavy (non-hydrogen) atoms. The first-order chi connectivity index (χ1) is 15.0. The van der Waals surface area contributed by atoms with Crippen LogP contribution in [-0.4, -0.2) is 58.8 Å². The van der Waals surface area contributed by atoms with Gasteiger partial charge in [-0.05, 0) is 25.1 Å². The normalized spacial score (nSPS) is 15.0. The molecule has 0 bridgehead atoms. The number of hydrogen-bond donors (Lipinski definition) is 0. The van der Waals surface area contributed by atoms with Gasteiger partial charge in [-0.2, -0.15) is 5.10 Å². The fraction of sp³-hybridized carbons (Fsp3) is 0.304. The molecule has 2 heterocycles. The van der Waals surface area contributed by atoms with E-state index in [4.69, 9.17) is 4.74 Å². The predicted octanol–water partition coefficient (Wildman–Crippen LogP) is 1.83. The molecule has 1 amide bonds. The minimum atomic E-state index is -0.950. The van der Waals surface area contributed by atoms with Crippen molar-refractivity contribution in [1.29, 1.82) is 0 Å². The molecule has 8 nitrogen and oxygen atoms in total. The molecular weight excluding hydrogens is 396 g/mol. The van der Waals surface area contributed by atoms with Crippen LogP contribution in [0.25, 0.3) is 10.8 Å². The molecule has 1 aromatic heterocycles. The van der Waals surface area contributed by atoms with Crippen LogP contribution in [0.3, 0.4) is 0 Å². The second-order valence-corrected chi connectivity index (χ2v) is 7.52. The molecule has 0 spiro atoms. The molecule has 8 heteroatoms. The lowest BCUT2D eigenvalue weighted by molar-refractivity contribution is -0.140. The van der Waals surface area contributed by atoms with Gasteiger partial charge in [-0.1, -0.05) is 36.4 Å². The van der Waals surface area contributed by atoms with Crippen LogP contribution < -0.4 is 10.5 Å². The Morgan fingerprint density at radius 2 is 1.55 bits per heavy atom. The van der Waals surface area contributed by atoms with E-state index in [1.807, 2.05) is 30.3 Å².